The average Bonchev–Trinajstić information content (AvgIpc) is 2.66. The smallest absolute Gasteiger partial charge is 0.343 e. The van der Waals surface area contributed by atoms with Crippen LogP contribution in [0.25, 0.3) is 5.69 Å². The molecule has 1 heterocycles. The number of carboxylic acids is 1. The quantitative estimate of drug-likeness (QED) is 0.868. The highest BCUT2D eigenvalue weighted by molar-refractivity contribution is 5.88. The number of carboxylic acid groups (broad SMARTS) is 1. The minimum absolute atomic E-state index is 0.266. The van der Waals surface area contributed by atoms with Gasteiger partial charge in [-0.1, -0.05) is 13.0 Å². The van der Waals surface area contributed by atoms with Gasteiger partial charge in [0.25, 0.3) is 5.56 Å². The van der Waals surface area contributed by atoms with Gasteiger partial charge in [0.05, 0.1) is 11.4 Å². The van der Waals surface area contributed by atoms with Crippen LogP contribution in [0, 0.1) is 5.82 Å². The van der Waals surface area contributed by atoms with Crippen LogP contribution in [0.4, 0.5) is 4.39 Å². The molecule has 0 fully saturated rings. The Bertz CT molecular complexity index is 658. The highest BCUT2D eigenvalue weighted by Crippen LogP contribution is 2.10. The number of aromatic amines is 1. The van der Waals surface area contributed by atoms with E-state index in [4.69, 9.17) is 5.11 Å². The second-order valence-electron chi connectivity index (χ2n) is 3.74. The van der Waals surface area contributed by atoms with Crippen LogP contribution in [0.15, 0.2) is 29.1 Å². The lowest BCUT2D eigenvalue weighted by Crippen LogP contribution is -2.20. The molecule has 0 aliphatic heterocycles. The molecule has 6 heteroatoms. The van der Waals surface area contributed by atoms with Gasteiger partial charge in [-0.2, -0.15) is 0 Å². The number of nitrogens with zero attached hydrogens (tertiary/aromatic N) is 1. The normalized spacial score (nSPS) is 10.6. The first kappa shape index (κ1) is 12.1. The molecule has 0 bridgehead atoms. The molecule has 0 atom stereocenters. The zero-order valence-electron chi connectivity index (χ0n) is 9.61. The fraction of sp³-hybridized carbons (Fsp3) is 0.167. The Balaban J connectivity index is 2.67. The van der Waals surface area contributed by atoms with E-state index in [0.717, 1.165) is 10.7 Å². The maximum atomic E-state index is 13.1. The third-order valence-electron chi connectivity index (χ3n) is 2.60. The van der Waals surface area contributed by atoms with Crippen molar-refractivity contribution in [3.8, 4) is 5.69 Å². The Morgan fingerprint density at radius 1 is 1.50 bits per heavy atom. The van der Waals surface area contributed by atoms with Gasteiger partial charge in [-0.05, 0) is 24.6 Å². The standard InChI is InChI=1S/C12H11FN2O3/c1-2-9-10(12(17)18)11(16)15(14-9)8-5-3-4-7(13)6-8/h3-6,14H,2H2,1H3,(H,17,18). The number of halogens is 1. The molecule has 1 aromatic heterocycles. The largest absolute Gasteiger partial charge is 0.477 e. The molecule has 18 heavy (non-hydrogen) atoms. The van der Waals surface area contributed by atoms with Crippen molar-refractivity contribution in [3.05, 3.63) is 51.7 Å². The number of rotatable bonds is 3. The molecule has 5 nitrogen and oxygen atoms in total. The zero-order chi connectivity index (χ0) is 13.3. The second-order valence-corrected chi connectivity index (χ2v) is 3.74. The number of aryl methyl sites for hydroxylation is 1. The molecule has 2 aromatic rings. The molecule has 0 amide bonds. The summed E-state index contributed by atoms with van der Waals surface area (Å²) in [5.74, 6) is -1.79. The molecule has 0 saturated heterocycles. The molecule has 0 radical (unpaired) electrons. The topological polar surface area (TPSA) is 75.1 Å². The molecule has 0 aliphatic carbocycles. The SMILES string of the molecule is CCc1[nH]n(-c2cccc(F)c2)c(=O)c1C(=O)O. The van der Waals surface area contributed by atoms with Crippen molar-refractivity contribution >= 4 is 5.97 Å². The zero-order valence-corrected chi connectivity index (χ0v) is 9.61. The van der Waals surface area contributed by atoms with E-state index in [1.54, 1.807) is 6.92 Å². The first-order valence-corrected chi connectivity index (χ1v) is 5.37. The van der Waals surface area contributed by atoms with Crippen molar-refractivity contribution in [2.45, 2.75) is 13.3 Å². The van der Waals surface area contributed by atoms with Gasteiger partial charge in [-0.15, -0.1) is 0 Å². The van der Waals surface area contributed by atoms with Crippen molar-refractivity contribution in [2.75, 3.05) is 0 Å². The van der Waals surface area contributed by atoms with E-state index in [0.29, 0.717) is 12.1 Å². The van der Waals surface area contributed by atoms with Gasteiger partial charge in [-0.25, -0.2) is 13.9 Å². The van der Waals surface area contributed by atoms with E-state index in [-0.39, 0.29) is 11.3 Å². The van der Waals surface area contributed by atoms with Gasteiger partial charge in [0.1, 0.15) is 11.4 Å². The molecule has 0 saturated carbocycles. The Morgan fingerprint density at radius 2 is 2.22 bits per heavy atom. The summed E-state index contributed by atoms with van der Waals surface area (Å²) in [6.45, 7) is 1.73. The molecular weight excluding hydrogens is 239 g/mol. The summed E-state index contributed by atoms with van der Waals surface area (Å²) in [5.41, 5.74) is -0.411. The third-order valence-corrected chi connectivity index (χ3v) is 2.60. The first-order valence-electron chi connectivity index (χ1n) is 5.37. The molecule has 2 N–H and O–H groups in total. The number of nitrogens with one attached hydrogen (secondary N) is 1. The number of hydrogen-bond donors (Lipinski definition) is 2. The average molecular weight is 250 g/mol. The van der Waals surface area contributed by atoms with Crippen LogP contribution in [0.5, 0.6) is 0 Å². The number of aromatic nitrogens is 2. The minimum atomic E-state index is -1.29. The minimum Gasteiger partial charge on any atom is -0.477 e. The monoisotopic (exact) mass is 250 g/mol. The van der Waals surface area contributed by atoms with E-state index in [9.17, 15) is 14.0 Å². The van der Waals surface area contributed by atoms with Gasteiger partial charge in [-0.3, -0.25) is 9.89 Å². The maximum absolute atomic E-state index is 13.1. The van der Waals surface area contributed by atoms with Crippen molar-refractivity contribution in [1.29, 1.82) is 0 Å². The predicted molar refractivity (Wildman–Crippen MR) is 62.7 cm³/mol. The first-order chi connectivity index (χ1) is 8.54. The van der Waals surface area contributed by atoms with Crippen molar-refractivity contribution in [3.63, 3.8) is 0 Å². The summed E-state index contributed by atoms with van der Waals surface area (Å²) in [4.78, 5) is 22.9. The molecule has 2 rings (SSSR count). The number of carbonyl (C=O) groups is 1. The van der Waals surface area contributed by atoms with E-state index in [1.807, 2.05) is 0 Å². The summed E-state index contributed by atoms with van der Waals surface area (Å²) in [6.07, 6.45) is 0.374. The van der Waals surface area contributed by atoms with Crippen LogP contribution >= 0.6 is 0 Å². The van der Waals surface area contributed by atoms with Crippen molar-refractivity contribution < 1.29 is 14.3 Å². The molecule has 94 valence electrons. The highest BCUT2D eigenvalue weighted by atomic mass is 19.1. The molecule has 1 aromatic carbocycles. The summed E-state index contributed by atoms with van der Waals surface area (Å²) in [6, 6.07) is 5.37. The lowest BCUT2D eigenvalue weighted by molar-refractivity contribution is 0.0694. The summed E-state index contributed by atoms with van der Waals surface area (Å²) >= 11 is 0. The fourth-order valence-corrected chi connectivity index (χ4v) is 1.76. The van der Waals surface area contributed by atoms with E-state index in [2.05, 4.69) is 5.10 Å². The number of hydrogen-bond acceptors (Lipinski definition) is 2. The van der Waals surface area contributed by atoms with Crippen LogP contribution in [0.1, 0.15) is 23.0 Å². The third kappa shape index (κ3) is 1.92. The van der Waals surface area contributed by atoms with Crippen molar-refractivity contribution in [2.24, 2.45) is 0 Å². The van der Waals surface area contributed by atoms with Gasteiger partial charge < -0.3 is 5.11 Å². The van der Waals surface area contributed by atoms with Crippen molar-refractivity contribution in [1.82, 2.24) is 9.78 Å². The Kier molecular flexibility index (Phi) is 3.01. The lowest BCUT2D eigenvalue weighted by Gasteiger charge is -2.00. The number of H-pyrrole nitrogens is 1. The van der Waals surface area contributed by atoms with Crippen LogP contribution < -0.4 is 5.56 Å². The van der Waals surface area contributed by atoms with Crippen LogP contribution in [-0.4, -0.2) is 20.9 Å². The molecule has 0 aliphatic rings. The van der Waals surface area contributed by atoms with Gasteiger partial charge in [0.15, 0.2) is 0 Å². The predicted octanol–water partition coefficient (Wildman–Crippen LogP) is 1.57. The van der Waals surface area contributed by atoms with Crippen LogP contribution in [-0.2, 0) is 6.42 Å². The Labute approximate surface area is 101 Å². The lowest BCUT2D eigenvalue weighted by atomic mass is 10.2. The van der Waals surface area contributed by atoms with E-state index in [1.165, 1.54) is 18.2 Å². The van der Waals surface area contributed by atoms with Gasteiger partial charge in [0, 0.05) is 0 Å². The molecule has 0 spiro atoms. The van der Waals surface area contributed by atoms with Crippen LogP contribution in [0.2, 0.25) is 0 Å². The molecule has 0 unspecified atom stereocenters. The second kappa shape index (κ2) is 4.48. The summed E-state index contributed by atoms with van der Waals surface area (Å²) in [7, 11) is 0. The molecular formula is C12H11FN2O3. The number of benzene rings is 1. The summed E-state index contributed by atoms with van der Waals surface area (Å²) in [5, 5.41) is 11.7. The summed E-state index contributed by atoms with van der Waals surface area (Å²) < 4.78 is 14.1. The fourth-order valence-electron chi connectivity index (χ4n) is 1.76. The number of aromatic carboxylic acids is 1. The van der Waals surface area contributed by atoms with E-state index < -0.39 is 17.3 Å². The highest BCUT2D eigenvalue weighted by Gasteiger charge is 2.19. The Morgan fingerprint density at radius 3 is 2.72 bits per heavy atom. The van der Waals surface area contributed by atoms with Gasteiger partial charge >= 0.3 is 5.97 Å². The maximum Gasteiger partial charge on any atom is 0.343 e. The Hall–Kier alpha value is -2.37. The van der Waals surface area contributed by atoms with Gasteiger partial charge in [0.2, 0.25) is 0 Å². The van der Waals surface area contributed by atoms with E-state index >= 15 is 0 Å². The van der Waals surface area contributed by atoms with Crippen LogP contribution in [0.3, 0.4) is 0 Å².